The average molecular weight is 514 g/mol. The Kier molecular flexibility index (Phi) is 8.15. The number of nitrogens with two attached hydrogens (primary N) is 1. The maximum atomic E-state index is 6.59. The molecule has 0 saturated carbocycles. The van der Waals surface area contributed by atoms with Gasteiger partial charge in [-0.3, -0.25) is 4.99 Å². The lowest BCUT2D eigenvalue weighted by Crippen LogP contribution is -2.22. The van der Waals surface area contributed by atoms with Crippen LogP contribution >= 0.6 is 27.5 Å². The molecule has 3 heterocycles. The Bertz CT molecular complexity index is 933. The highest BCUT2D eigenvalue weighted by molar-refractivity contribution is 9.10. The third-order valence-corrected chi connectivity index (χ3v) is 7.91. The van der Waals surface area contributed by atoms with E-state index in [9.17, 15) is 0 Å². The fourth-order valence-corrected chi connectivity index (χ4v) is 4.50. The summed E-state index contributed by atoms with van der Waals surface area (Å²) in [6.45, 7) is 8.91. The first-order chi connectivity index (χ1) is 14.3. The number of nitrogens with zero attached hydrogens (tertiary/aromatic N) is 3. The summed E-state index contributed by atoms with van der Waals surface area (Å²) in [6, 6.07) is 1.11. The zero-order chi connectivity index (χ0) is 21.7. The number of aromatic nitrogens is 2. The lowest BCUT2D eigenvalue weighted by Gasteiger charge is -2.18. The average Bonchev–Trinajstić information content (AvgIpc) is 3.07. The SMILES string of the molecule is C[Si](C)(C)CCOCn1cc(C(N)=CC=NC2CCCCO2)c2c(Cl)c(Br)cnc21. The number of aliphatic imine (C=N–C) groups is 1. The van der Waals surface area contributed by atoms with Crippen molar-refractivity contribution >= 4 is 58.5 Å². The van der Waals surface area contributed by atoms with Gasteiger partial charge in [-0.15, -0.1) is 0 Å². The van der Waals surface area contributed by atoms with E-state index < -0.39 is 8.07 Å². The summed E-state index contributed by atoms with van der Waals surface area (Å²) in [5, 5.41) is 1.38. The Balaban J connectivity index is 1.83. The first-order valence-corrected chi connectivity index (χ1v) is 15.2. The van der Waals surface area contributed by atoms with Gasteiger partial charge in [-0.25, -0.2) is 4.98 Å². The van der Waals surface area contributed by atoms with Crippen LogP contribution in [0.4, 0.5) is 0 Å². The molecule has 0 amide bonds. The van der Waals surface area contributed by atoms with Gasteiger partial charge in [-0.1, -0.05) is 31.2 Å². The van der Waals surface area contributed by atoms with Crippen LogP contribution in [0.5, 0.6) is 0 Å². The third-order valence-electron chi connectivity index (χ3n) is 4.98. The summed E-state index contributed by atoms with van der Waals surface area (Å²) in [6.07, 6.45) is 10.3. The molecular formula is C21H30BrClN4O2Si. The van der Waals surface area contributed by atoms with Crippen LogP contribution in [0.25, 0.3) is 16.7 Å². The van der Waals surface area contributed by atoms with Crippen LogP contribution < -0.4 is 5.73 Å². The minimum absolute atomic E-state index is 0.0803. The van der Waals surface area contributed by atoms with Gasteiger partial charge in [0.15, 0.2) is 0 Å². The summed E-state index contributed by atoms with van der Waals surface area (Å²) in [7, 11) is -1.14. The van der Waals surface area contributed by atoms with Crippen LogP contribution in [0.15, 0.2) is 27.9 Å². The summed E-state index contributed by atoms with van der Waals surface area (Å²) < 4.78 is 14.2. The lowest BCUT2D eigenvalue weighted by molar-refractivity contribution is 0.0227. The lowest BCUT2D eigenvalue weighted by atomic mass is 10.1. The molecule has 2 aromatic heterocycles. The van der Waals surface area contributed by atoms with Crippen LogP contribution in [0, 0.1) is 0 Å². The summed E-state index contributed by atoms with van der Waals surface area (Å²) >= 11 is 10.1. The Morgan fingerprint density at radius 2 is 2.27 bits per heavy atom. The van der Waals surface area contributed by atoms with E-state index in [0.29, 0.717) is 17.5 Å². The maximum Gasteiger partial charge on any atom is 0.148 e. The molecule has 1 unspecified atom stereocenters. The van der Waals surface area contributed by atoms with Crippen LogP contribution in [-0.4, -0.2) is 43.3 Å². The van der Waals surface area contributed by atoms with E-state index >= 15 is 0 Å². The topological polar surface area (TPSA) is 74.7 Å². The first-order valence-electron chi connectivity index (χ1n) is 10.3. The molecule has 6 nitrogen and oxygen atoms in total. The van der Waals surface area contributed by atoms with Gasteiger partial charge < -0.3 is 19.8 Å². The normalized spacial score (nSPS) is 18.6. The molecule has 1 atom stereocenters. The van der Waals surface area contributed by atoms with Crippen molar-refractivity contribution < 1.29 is 9.47 Å². The van der Waals surface area contributed by atoms with Crippen molar-refractivity contribution in [2.24, 2.45) is 10.7 Å². The molecule has 1 saturated heterocycles. The molecule has 0 aliphatic carbocycles. The van der Waals surface area contributed by atoms with E-state index in [0.717, 1.165) is 59.6 Å². The molecule has 2 aromatic rings. The highest BCUT2D eigenvalue weighted by atomic mass is 79.9. The largest absolute Gasteiger partial charge is 0.398 e. The van der Waals surface area contributed by atoms with Gasteiger partial charge in [0, 0.05) is 56.5 Å². The molecular weight excluding hydrogens is 484 g/mol. The second kappa shape index (κ2) is 10.4. The Morgan fingerprint density at radius 3 is 2.97 bits per heavy atom. The second-order valence-corrected chi connectivity index (χ2v) is 15.6. The fraction of sp³-hybridized carbons (Fsp3) is 0.524. The maximum absolute atomic E-state index is 6.59. The first kappa shape index (κ1) is 23.5. The summed E-state index contributed by atoms with van der Waals surface area (Å²) in [5.74, 6) is 0. The van der Waals surface area contributed by atoms with Gasteiger partial charge in [0.25, 0.3) is 0 Å². The van der Waals surface area contributed by atoms with E-state index in [4.69, 9.17) is 26.8 Å². The predicted octanol–water partition coefficient (Wildman–Crippen LogP) is 5.66. The second-order valence-electron chi connectivity index (χ2n) is 8.72. The fourth-order valence-electron chi connectivity index (χ4n) is 3.20. The van der Waals surface area contributed by atoms with Crippen molar-refractivity contribution in [1.82, 2.24) is 9.55 Å². The van der Waals surface area contributed by atoms with Gasteiger partial charge in [-0.05, 0) is 47.3 Å². The zero-order valence-electron chi connectivity index (χ0n) is 17.8. The Hall–Kier alpha value is -1.19. The highest BCUT2D eigenvalue weighted by Crippen LogP contribution is 2.35. The van der Waals surface area contributed by atoms with Gasteiger partial charge in [-0.2, -0.15) is 0 Å². The molecule has 1 aliphatic heterocycles. The van der Waals surface area contributed by atoms with Gasteiger partial charge >= 0.3 is 0 Å². The van der Waals surface area contributed by atoms with E-state index in [1.165, 1.54) is 0 Å². The molecule has 1 fully saturated rings. The molecule has 164 valence electrons. The van der Waals surface area contributed by atoms with Crippen LogP contribution in [0.3, 0.4) is 0 Å². The van der Waals surface area contributed by atoms with E-state index in [2.05, 4.69) is 45.5 Å². The molecule has 0 radical (unpaired) electrons. The molecule has 30 heavy (non-hydrogen) atoms. The monoisotopic (exact) mass is 512 g/mol. The molecule has 1 aliphatic rings. The van der Waals surface area contributed by atoms with E-state index in [1.54, 1.807) is 18.5 Å². The molecule has 3 rings (SSSR count). The molecule has 0 bridgehead atoms. The minimum Gasteiger partial charge on any atom is -0.398 e. The van der Waals surface area contributed by atoms with Crippen LogP contribution in [0.1, 0.15) is 24.8 Å². The highest BCUT2D eigenvalue weighted by Gasteiger charge is 2.18. The van der Waals surface area contributed by atoms with Gasteiger partial charge in [0.05, 0.1) is 9.50 Å². The summed E-state index contributed by atoms with van der Waals surface area (Å²) in [4.78, 5) is 9.02. The Labute approximate surface area is 192 Å². The van der Waals surface area contributed by atoms with Crippen molar-refractivity contribution in [3.8, 4) is 0 Å². The van der Waals surface area contributed by atoms with Crippen LogP contribution in [-0.2, 0) is 16.2 Å². The standard InChI is InChI=1S/C21H30BrClN4O2Si/c1-30(2,3)11-10-28-14-27-13-15(19-20(23)16(22)12-26-21(19)27)17(24)7-8-25-18-6-4-5-9-29-18/h7-8,12-13,18H,4-6,9-11,14,24H2,1-3H3. The van der Waals surface area contributed by atoms with Crippen LogP contribution in [0.2, 0.25) is 30.7 Å². The summed E-state index contributed by atoms with van der Waals surface area (Å²) in [5.41, 5.74) is 8.53. The Morgan fingerprint density at radius 1 is 1.47 bits per heavy atom. The predicted molar refractivity (Wildman–Crippen MR) is 131 cm³/mol. The zero-order valence-corrected chi connectivity index (χ0v) is 21.2. The smallest absolute Gasteiger partial charge is 0.148 e. The number of fused-ring (bicyclic) bond motifs is 1. The van der Waals surface area contributed by atoms with E-state index in [1.807, 2.05) is 10.8 Å². The quantitative estimate of drug-likeness (QED) is 0.281. The van der Waals surface area contributed by atoms with Crippen molar-refractivity contribution in [2.75, 3.05) is 13.2 Å². The number of halogens is 2. The van der Waals surface area contributed by atoms with Crippen molar-refractivity contribution in [3.63, 3.8) is 0 Å². The molecule has 2 N–H and O–H groups in total. The van der Waals surface area contributed by atoms with Crippen molar-refractivity contribution in [2.45, 2.75) is 57.9 Å². The molecule has 0 spiro atoms. The van der Waals surface area contributed by atoms with Gasteiger partial charge in [0.2, 0.25) is 0 Å². The number of allylic oxidation sites excluding steroid dienone is 1. The number of pyridine rings is 1. The molecule has 9 heteroatoms. The number of ether oxygens (including phenoxy) is 2. The number of rotatable bonds is 8. The minimum atomic E-state index is -1.14. The number of hydrogen-bond donors (Lipinski definition) is 1. The van der Waals surface area contributed by atoms with E-state index in [-0.39, 0.29) is 6.23 Å². The van der Waals surface area contributed by atoms with Crippen molar-refractivity contribution in [3.05, 3.63) is 33.5 Å². The number of hydrogen-bond acceptors (Lipinski definition) is 5. The molecule has 0 aromatic carbocycles. The van der Waals surface area contributed by atoms with Gasteiger partial charge in [0.1, 0.15) is 18.6 Å². The van der Waals surface area contributed by atoms with Crippen molar-refractivity contribution in [1.29, 1.82) is 0 Å². The third kappa shape index (κ3) is 6.17.